The molecule has 32 heavy (non-hydrogen) atoms. The van der Waals surface area contributed by atoms with E-state index in [9.17, 15) is 17.8 Å². The van der Waals surface area contributed by atoms with Crippen LogP contribution in [0.25, 0.3) is 0 Å². The predicted molar refractivity (Wildman–Crippen MR) is 116 cm³/mol. The Bertz CT molecular complexity index is 804. The normalized spacial score (nSPS) is 26.5. The number of piperidine rings is 1. The molecule has 0 aromatic carbocycles. The van der Waals surface area contributed by atoms with Gasteiger partial charge in [-0.2, -0.15) is 13.5 Å². The summed E-state index contributed by atoms with van der Waals surface area (Å²) in [6.45, 7) is 5.82. The molecule has 0 bridgehead atoms. The lowest BCUT2D eigenvalue weighted by Crippen LogP contribution is -2.60. The van der Waals surface area contributed by atoms with Gasteiger partial charge in [0.05, 0.1) is 6.61 Å². The second kappa shape index (κ2) is 11.3. The van der Waals surface area contributed by atoms with E-state index in [1.807, 2.05) is 6.92 Å². The predicted octanol–water partition coefficient (Wildman–Crippen LogP) is 1.36. The van der Waals surface area contributed by atoms with E-state index in [1.165, 1.54) is 0 Å². The summed E-state index contributed by atoms with van der Waals surface area (Å²) in [6.07, 6.45) is 5.80. The van der Waals surface area contributed by atoms with Crippen LogP contribution < -0.4 is 5.32 Å². The molecule has 3 rings (SSSR count). The van der Waals surface area contributed by atoms with Crippen LogP contribution in [-0.4, -0.2) is 78.4 Å². The Morgan fingerprint density at radius 1 is 1.28 bits per heavy atom. The zero-order valence-corrected chi connectivity index (χ0v) is 19.4. The minimum Gasteiger partial charge on any atom is -0.450 e. The van der Waals surface area contributed by atoms with E-state index in [-0.39, 0.29) is 17.9 Å². The first kappa shape index (κ1) is 26.3. The van der Waals surface area contributed by atoms with Crippen molar-refractivity contribution in [2.75, 3.05) is 26.3 Å². The van der Waals surface area contributed by atoms with Crippen LogP contribution in [-0.2, 0) is 24.2 Å². The molecule has 2 fully saturated rings. The molecule has 2 saturated heterocycles. The van der Waals surface area contributed by atoms with Crippen molar-refractivity contribution in [3.8, 4) is 0 Å². The molecule has 13 heteroatoms. The highest BCUT2D eigenvalue weighted by atomic mass is 32.3. The number of amidine groups is 1. The first-order chi connectivity index (χ1) is 14.8. The van der Waals surface area contributed by atoms with Gasteiger partial charge in [0, 0.05) is 25.8 Å². The lowest BCUT2D eigenvalue weighted by molar-refractivity contribution is -0.0812. The molecule has 2 atom stereocenters. The van der Waals surface area contributed by atoms with Crippen LogP contribution in [0.1, 0.15) is 58.8 Å². The summed E-state index contributed by atoms with van der Waals surface area (Å²) >= 11 is 0. The maximum absolute atomic E-state index is 12.2. The third-order valence-corrected chi connectivity index (χ3v) is 6.07. The van der Waals surface area contributed by atoms with Gasteiger partial charge in [-0.25, -0.2) is 9.79 Å². The molecule has 0 radical (unpaired) electrons. The molecule has 3 aliphatic heterocycles. The van der Waals surface area contributed by atoms with Crippen LogP contribution in [0.5, 0.6) is 0 Å². The number of hydrogen-bond acceptors (Lipinski definition) is 9. The number of aliphatic imine (C=N–C) groups is 1. The quantitative estimate of drug-likeness (QED) is 0.514. The smallest absolute Gasteiger partial charge is 0.418 e. The maximum atomic E-state index is 12.2. The third kappa shape index (κ3) is 6.32. The number of nitrogens with zero attached hydrogens (tertiary/aromatic N) is 3. The van der Waals surface area contributed by atoms with Crippen molar-refractivity contribution in [1.82, 2.24) is 15.3 Å². The van der Waals surface area contributed by atoms with Gasteiger partial charge in [0.25, 0.3) is 0 Å². The molecule has 0 aliphatic carbocycles. The number of carbonyl (C=O) groups is 1. The van der Waals surface area contributed by atoms with Crippen LogP contribution >= 0.6 is 0 Å². The second-order valence-corrected chi connectivity index (χ2v) is 8.80. The minimum atomic E-state index is -4.90. The van der Waals surface area contributed by atoms with Gasteiger partial charge in [-0.05, 0) is 51.9 Å². The number of hydroxylamine groups is 2. The van der Waals surface area contributed by atoms with E-state index in [1.54, 1.807) is 13.0 Å². The Kier molecular flexibility index (Phi) is 9.28. The van der Waals surface area contributed by atoms with Crippen molar-refractivity contribution in [3.63, 3.8) is 0 Å². The summed E-state index contributed by atoms with van der Waals surface area (Å²) in [5, 5.41) is 3.51. The number of alkyl carbamates (subject to hydrolysis) is 1. The molecular weight excluding hydrogens is 444 g/mol. The first-order valence-electron chi connectivity index (χ1n) is 10.9. The van der Waals surface area contributed by atoms with E-state index in [0.717, 1.165) is 50.3 Å². The van der Waals surface area contributed by atoms with Gasteiger partial charge in [0.2, 0.25) is 0 Å². The molecule has 1 amide bonds. The SMILES string of the molecule is CCOC(=O)NC1C=C(N2CCCCC2)N=C(C2(CC)CCCCO2)N1OS(=O)(=O)O.O. The summed E-state index contributed by atoms with van der Waals surface area (Å²) in [7, 11) is -4.90. The Balaban J connectivity index is 0.00000363. The summed E-state index contributed by atoms with van der Waals surface area (Å²) in [4.78, 5) is 19.0. The number of hydrogen-bond donors (Lipinski definition) is 2. The van der Waals surface area contributed by atoms with Crippen molar-refractivity contribution in [2.24, 2.45) is 4.99 Å². The molecule has 0 aromatic heterocycles. The zero-order valence-electron chi connectivity index (χ0n) is 18.6. The summed E-state index contributed by atoms with van der Waals surface area (Å²) in [6, 6.07) is 0. The monoisotopic (exact) mass is 478 g/mol. The number of likely N-dealkylation sites (tertiary alicyclic amines) is 1. The van der Waals surface area contributed by atoms with Gasteiger partial charge in [0.15, 0.2) is 12.0 Å². The lowest BCUT2D eigenvalue weighted by Gasteiger charge is -2.45. The molecule has 3 aliphatic rings. The summed E-state index contributed by atoms with van der Waals surface area (Å²) in [5.74, 6) is 0.811. The molecule has 12 nitrogen and oxygen atoms in total. The van der Waals surface area contributed by atoms with Crippen molar-refractivity contribution < 1.29 is 37.0 Å². The highest BCUT2D eigenvalue weighted by Crippen LogP contribution is 2.35. The number of nitrogens with one attached hydrogen (secondary N) is 1. The van der Waals surface area contributed by atoms with Gasteiger partial charge in [-0.3, -0.25) is 9.87 Å². The van der Waals surface area contributed by atoms with Gasteiger partial charge < -0.3 is 19.8 Å². The fourth-order valence-corrected chi connectivity index (χ4v) is 4.55. The van der Waals surface area contributed by atoms with Crippen molar-refractivity contribution in [1.29, 1.82) is 0 Å². The van der Waals surface area contributed by atoms with E-state index >= 15 is 0 Å². The molecule has 2 unspecified atom stereocenters. The number of rotatable bonds is 7. The second-order valence-electron chi connectivity index (χ2n) is 7.80. The molecule has 4 N–H and O–H groups in total. The average molecular weight is 479 g/mol. The minimum absolute atomic E-state index is 0. The van der Waals surface area contributed by atoms with E-state index in [4.69, 9.17) is 18.7 Å². The lowest BCUT2D eigenvalue weighted by atomic mass is 9.89. The van der Waals surface area contributed by atoms with E-state index in [2.05, 4.69) is 10.2 Å². The van der Waals surface area contributed by atoms with Crippen LogP contribution in [0.3, 0.4) is 0 Å². The third-order valence-electron chi connectivity index (χ3n) is 5.72. The Morgan fingerprint density at radius 3 is 2.56 bits per heavy atom. The number of amides is 1. The highest BCUT2D eigenvalue weighted by Gasteiger charge is 2.46. The standard InChI is InChI=1S/C19H32N4O7S.H2O/c1-3-19(10-6-9-13-29-19)17-20-15(22-11-7-5-8-12-22)14-16(21-18(24)28-4-2)23(17)30-31(25,26)27;/h14,16H,3-13H2,1-2H3,(H,21,24)(H,25,26,27);1H2. The zero-order chi connectivity index (χ0) is 22.5. The van der Waals surface area contributed by atoms with E-state index < -0.39 is 28.3 Å². The molecule has 0 aromatic rings. The topological polar surface area (TPSA) is 161 Å². The van der Waals surface area contributed by atoms with Crippen molar-refractivity contribution in [3.05, 3.63) is 11.9 Å². The Morgan fingerprint density at radius 2 is 2.00 bits per heavy atom. The highest BCUT2D eigenvalue weighted by molar-refractivity contribution is 7.80. The fourth-order valence-electron chi connectivity index (χ4n) is 4.18. The fraction of sp³-hybridized carbons (Fsp3) is 0.789. The van der Waals surface area contributed by atoms with Crippen molar-refractivity contribution >= 4 is 22.3 Å². The average Bonchev–Trinajstić information content (AvgIpc) is 2.75. The molecule has 184 valence electrons. The Labute approximate surface area is 188 Å². The molecule has 3 heterocycles. The molecule has 0 spiro atoms. The Hall–Kier alpha value is -1.93. The largest absolute Gasteiger partial charge is 0.450 e. The summed E-state index contributed by atoms with van der Waals surface area (Å²) in [5.41, 5.74) is -0.910. The number of ether oxygens (including phenoxy) is 2. The maximum Gasteiger partial charge on any atom is 0.418 e. The van der Waals surface area contributed by atoms with Crippen LogP contribution in [0.4, 0.5) is 4.79 Å². The van der Waals surface area contributed by atoms with Gasteiger partial charge in [0.1, 0.15) is 11.4 Å². The van der Waals surface area contributed by atoms with Gasteiger partial charge in [-0.1, -0.05) is 6.92 Å². The molecular formula is C19H34N4O8S. The van der Waals surface area contributed by atoms with Crippen LogP contribution in [0, 0.1) is 0 Å². The van der Waals surface area contributed by atoms with Crippen LogP contribution in [0.15, 0.2) is 16.9 Å². The van der Waals surface area contributed by atoms with Crippen molar-refractivity contribution in [2.45, 2.75) is 70.6 Å². The molecule has 0 saturated carbocycles. The van der Waals surface area contributed by atoms with Crippen LogP contribution in [0.2, 0.25) is 0 Å². The van der Waals surface area contributed by atoms with Gasteiger partial charge >= 0.3 is 16.5 Å². The number of carbonyl (C=O) groups excluding carboxylic acids is 1. The van der Waals surface area contributed by atoms with E-state index in [0.29, 0.717) is 25.3 Å². The van der Waals surface area contributed by atoms with Gasteiger partial charge in [-0.15, -0.1) is 4.28 Å². The summed E-state index contributed by atoms with van der Waals surface area (Å²) < 4.78 is 48.8. The first-order valence-corrected chi connectivity index (χ1v) is 12.2.